The SMILES string of the molecule is C[C@H]([NH-])C(=O)[O-].[CH2-][C@@H](CCCC[NH3+])C(=O)[O-].[Ca+2]. The Hall–Kier alpha value is 0.120. The Balaban J connectivity index is -0.000000244. The molecule has 7 heteroatoms. The first kappa shape index (κ1) is 22.3. The number of hydrogen-bond acceptors (Lipinski definition) is 4. The standard InChI is InChI=1S/C7H14NO2.C3H6NO2.Ca/c1-6(7(9)10)4-2-3-5-8;1-2(4)3(5)6;/h6H,1-5,8H2,(H,9,10);2,4H,1H3,(H,5,6);/q2*-1;+2/p-1/t6-;2-;/m00./s1. The predicted molar refractivity (Wildman–Crippen MR) is 60.0 cm³/mol. The van der Waals surface area contributed by atoms with E-state index in [1.807, 2.05) is 0 Å². The minimum atomic E-state index is -1.32. The van der Waals surface area contributed by atoms with Gasteiger partial charge in [-0.3, -0.25) is 0 Å². The molecule has 0 heterocycles. The number of carbonyl (C=O) groups excluding carboxylic acids is 2. The van der Waals surface area contributed by atoms with E-state index in [1.54, 1.807) is 0 Å². The molecule has 0 rings (SSSR count). The zero-order valence-electron chi connectivity index (χ0n) is 10.2. The van der Waals surface area contributed by atoms with Gasteiger partial charge in [-0.2, -0.15) is 0 Å². The van der Waals surface area contributed by atoms with Crippen molar-refractivity contribution in [1.29, 1.82) is 0 Å². The average Bonchev–Trinajstić information content (AvgIpc) is 2.18. The summed E-state index contributed by atoms with van der Waals surface area (Å²) in [5, 5.41) is 19.5. The van der Waals surface area contributed by atoms with E-state index >= 15 is 0 Å². The number of nitrogens with one attached hydrogen (secondary N) is 1. The van der Waals surface area contributed by atoms with E-state index < -0.39 is 23.9 Å². The predicted octanol–water partition coefficient (Wildman–Crippen LogP) is -2.61. The smallest absolute Gasteiger partial charge is 0.670 e. The van der Waals surface area contributed by atoms with Gasteiger partial charge in [-0.05, 0) is 12.8 Å². The van der Waals surface area contributed by atoms with Gasteiger partial charge in [0.05, 0.1) is 6.54 Å². The first-order chi connectivity index (χ1) is 7.32. The summed E-state index contributed by atoms with van der Waals surface area (Å²) >= 11 is 0. The van der Waals surface area contributed by atoms with E-state index in [4.69, 9.17) is 5.73 Å². The molecule has 2 atom stereocenters. The molecule has 0 aromatic rings. The van der Waals surface area contributed by atoms with Crippen LogP contribution in [-0.4, -0.2) is 62.3 Å². The average molecular weight is 271 g/mol. The second kappa shape index (κ2) is 14.2. The van der Waals surface area contributed by atoms with Gasteiger partial charge in [-0.1, -0.05) is 13.3 Å². The molecule has 0 aromatic carbocycles. The third kappa shape index (κ3) is 18.7. The van der Waals surface area contributed by atoms with Gasteiger partial charge < -0.3 is 38.2 Å². The topological polar surface area (TPSA) is 132 Å². The van der Waals surface area contributed by atoms with Gasteiger partial charge in [-0.25, -0.2) is 0 Å². The van der Waals surface area contributed by atoms with E-state index in [0.29, 0.717) is 6.42 Å². The summed E-state index contributed by atoms with van der Waals surface area (Å²) in [4.78, 5) is 19.5. The van der Waals surface area contributed by atoms with Crippen molar-refractivity contribution in [2.24, 2.45) is 5.92 Å². The van der Waals surface area contributed by atoms with Crippen molar-refractivity contribution < 1.29 is 25.5 Å². The van der Waals surface area contributed by atoms with Crippen LogP contribution in [0.1, 0.15) is 26.2 Å². The van der Waals surface area contributed by atoms with Crippen LogP contribution in [0.2, 0.25) is 0 Å². The van der Waals surface area contributed by atoms with Crippen LogP contribution < -0.4 is 15.9 Å². The van der Waals surface area contributed by atoms with Crippen molar-refractivity contribution in [2.75, 3.05) is 6.54 Å². The summed E-state index contributed by atoms with van der Waals surface area (Å²) in [7, 11) is 0. The number of unbranched alkanes of at least 4 members (excludes halogenated alkanes) is 1. The Morgan fingerprint density at radius 1 is 1.29 bits per heavy atom. The molecule has 4 N–H and O–H groups in total. The van der Waals surface area contributed by atoms with Crippen molar-refractivity contribution in [2.45, 2.75) is 32.2 Å². The minimum Gasteiger partial charge on any atom is -0.670 e. The monoisotopic (exact) mass is 271 g/mol. The molecule has 0 saturated heterocycles. The summed E-state index contributed by atoms with van der Waals surface area (Å²) in [6, 6.07) is -1.09. The summed E-state index contributed by atoms with van der Waals surface area (Å²) in [6.45, 7) is 5.53. The van der Waals surface area contributed by atoms with Gasteiger partial charge in [0, 0.05) is 11.9 Å². The van der Waals surface area contributed by atoms with Gasteiger partial charge in [0.2, 0.25) is 0 Å². The molecule has 0 aromatic heterocycles. The van der Waals surface area contributed by atoms with Gasteiger partial charge >= 0.3 is 37.7 Å². The van der Waals surface area contributed by atoms with E-state index in [9.17, 15) is 19.8 Å². The largest absolute Gasteiger partial charge is 2.00 e. The number of carbonyl (C=O) groups is 2. The van der Waals surface area contributed by atoms with Crippen molar-refractivity contribution in [1.82, 2.24) is 0 Å². The Morgan fingerprint density at radius 2 is 1.71 bits per heavy atom. The number of hydrogen-bond donors (Lipinski definition) is 1. The fraction of sp³-hybridized carbons (Fsp3) is 0.700. The van der Waals surface area contributed by atoms with Crippen LogP contribution >= 0.6 is 0 Å². The summed E-state index contributed by atoms with van der Waals surface area (Å²) in [5.74, 6) is -2.93. The quantitative estimate of drug-likeness (QED) is 0.322. The Labute approximate surface area is 132 Å². The number of rotatable bonds is 6. The molecule has 0 aliphatic carbocycles. The fourth-order valence-corrected chi connectivity index (χ4v) is 0.685. The van der Waals surface area contributed by atoms with Crippen molar-refractivity contribution in [3.63, 3.8) is 0 Å². The van der Waals surface area contributed by atoms with Crippen molar-refractivity contribution in [3.05, 3.63) is 12.7 Å². The van der Waals surface area contributed by atoms with Crippen LogP contribution in [0.3, 0.4) is 0 Å². The van der Waals surface area contributed by atoms with Crippen LogP contribution in [0.15, 0.2) is 0 Å². The Kier molecular flexibility index (Phi) is 18.6. The third-order valence-corrected chi connectivity index (χ3v) is 1.74. The molecule has 96 valence electrons. The molecular weight excluding hydrogens is 252 g/mol. The molecule has 0 unspecified atom stereocenters. The number of carboxylic acids is 2. The van der Waals surface area contributed by atoms with Gasteiger partial charge in [0.25, 0.3) is 0 Å². The van der Waals surface area contributed by atoms with Crippen LogP contribution in [0.25, 0.3) is 5.73 Å². The molecule has 0 saturated carbocycles. The molecule has 0 aliphatic rings. The van der Waals surface area contributed by atoms with Crippen LogP contribution in [0.5, 0.6) is 0 Å². The molecule has 17 heavy (non-hydrogen) atoms. The van der Waals surface area contributed by atoms with Gasteiger partial charge in [0.1, 0.15) is 0 Å². The molecule has 0 radical (unpaired) electrons. The maximum absolute atomic E-state index is 10.1. The normalized spacial score (nSPS) is 12.5. The van der Waals surface area contributed by atoms with Crippen LogP contribution in [0, 0.1) is 12.8 Å². The number of carboxylic acid groups (broad SMARTS) is 2. The second-order valence-corrected chi connectivity index (χ2v) is 3.41. The minimum absolute atomic E-state index is 0. The van der Waals surface area contributed by atoms with E-state index in [1.165, 1.54) is 6.92 Å². The van der Waals surface area contributed by atoms with Crippen molar-refractivity contribution >= 4 is 49.7 Å². The van der Waals surface area contributed by atoms with E-state index in [-0.39, 0.29) is 37.7 Å². The van der Waals surface area contributed by atoms with Crippen LogP contribution in [-0.2, 0) is 9.59 Å². The summed E-state index contributed by atoms with van der Waals surface area (Å²) in [6.07, 6.45) is 2.46. The molecule has 0 bridgehead atoms. The zero-order chi connectivity index (χ0) is 13.1. The molecule has 0 spiro atoms. The molecule has 6 nitrogen and oxygen atoms in total. The fourth-order valence-electron chi connectivity index (χ4n) is 0.685. The van der Waals surface area contributed by atoms with Crippen LogP contribution in [0.4, 0.5) is 0 Å². The zero-order valence-corrected chi connectivity index (χ0v) is 12.4. The first-order valence-electron chi connectivity index (χ1n) is 5.08. The van der Waals surface area contributed by atoms with Gasteiger partial charge in [0.15, 0.2) is 0 Å². The Morgan fingerprint density at radius 3 is 1.94 bits per heavy atom. The number of quaternary nitrogens is 1. The molecule has 0 fully saturated rings. The summed E-state index contributed by atoms with van der Waals surface area (Å²) in [5.41, 5.74) is 10.0. The maximum Gasteiger partial charge on any atom is 2.00 e. The summed E-state index contributed by atoms with van der Waals surface area (Å²) < 4.78 is 0. The van der Waals surface area contributed by atoms with Crippen molar-refractivity contribution in [3.8, 4) is 0 Å². The van der Waals surface area contributed by atoms with E-state index in [0.717, 1.165) is 19.4 Å². The Bertz CT molecular complexity index is 212. The second-order valence-electron chi connectivity index (χ2n) is 3.41. The molecule has 0 amide bonds. The maximum atomic E-state index is 10.1. The molecular formula is C10H19CaN2O4-. The third-order valence-electron chi connectivity index (χ3n) is 1.74. The van der Waals surface area contributed by atoms with E-state index in [2.05, 4.69) is 12.7 Å². The van der Waals surface area contributed by atoms with Gasteiger partial charge in [-0.15, -0.1) is 12.0 Å². The molecule has 0 aliphatic heterocycles. The number of aliphatic carboxylic acids is 2. The first-order valence-corrected chi connectivity index (χ1v) is 5.08.